The standard InChI is InChI=1S/C13H15BrN2O3/c1-13(9-4-3-5-10(14)8-9)11(17)16(6-7-19-2)12(18)15-13/h3-5,8H,6-7H2,1-2H3,(H,15,18)/t13-/m0/s1. The molecule has 0 spiro atoms. The van der Waals surface area contributed by atoms with Crippen LogP contribution < -0.4 is 5.32 Å². The van der Waals surface area contributed by atoms with Crippen molar-refractivity contribution in [3.05, 3.63) is 34.3 Å². The predicted octanol–water partition coefficient (Wildman–Crippen LogP) is 1.86. The second kappa shape index (κ2) is 5.30. The molecule has 0 aromatic heterocycles. The van der Waals surface area contributed by atoms with E-state index in [0.29, 0.717) is 6.61 Å². The van der Waals surface area contributed by atoms with Gasteiger partial charge in [-0.25, -0.2) is 4.79 Å². The number of carbonyl (C=O) groups excluding carboxylic acids is 2. The van der Waals surface area contributed by atoms with Crippen molar-refractivity contribution in [1.29, 1.82) is 0 Å². The molecule has 1 heterocycles. The van der Waals surface area contributed by atoms with Crippen molar-refractivity contribution in [2.45, 2.75) is 12.5 Å². The summed E-state index contributed by atoms with van der Waals surface area (Å²) in [5.74, 6) is -0.257. The molecule has 102 valence electrons. The number of benzene rings is 1. The fraction of sp³-hybridized carbons (Fsp3) is 0.385. The van der Waals surface area contributed by atoms with Crippen LogP contribution in [0.4, 0.5) is 4.79 Å². The largest absolute Gasteiger partial charge is 0.383 e. The highest BCUT2D eigenvalue weighted by Gasteiger charge is 2.48. The molecule has 1 aromatic rings. The number of nitrogens with zero attached hydrogens (tertiary/aromatic N) is 1. The van der Waals surface area contributed by atoms with Crippen LogP contribution in [0.5, 0.6) is 0 Å². The first-order valence-electron chi connectivity index (χ1n) is 5.88. The summed E-state index contributed by atoms with van der Waals surface area (Å²) >= 11 is 3.37. The third-order valence-corrected chi connectivity index (χ3v) is 3.69. The minimum absolute atomic E-state index is 0.255. The average molecular weight is 327 g/mol. The third-order valence-electron chi connectivity index (χ3n) is 3.20. The summed E-state index contributed by atoms with van der Waals surface area (Å²) in [5, 5.41) is 2.74. The quantitative estimate of drug-likeness (QED) is 0.859. The van der Waals surface area contributed by atoms with Gasteiger partial charge >= 0.3 is 6.03 Å². The number of urea groups is 1. The summed E-state index contributed by atoms with van der Waals surface area (Å²) < 4.78 is 5.78. The van der Waals surface area contributed by atoms with Crippen molar-refractivity contribution >= 4 is 27.9 Å². The minimum atomic E-state index is -1.02. The van der Waals surface area contributed by atoms with Gasteiger partial charge in [0, 0.05) is 11.6 Å². The Hall–Kier alpha value is -1.40. The van der Waals surface area contributed by atoms with Gasteiger partial charge < -0.3 is 10.1 Å². The number of ether oxygens (including phenoxy) is 1. The third kappa shape index (κ3) is 2.50. The maximum Gasteiger partial charge on any atom is 0.325 e. The Bertz CT molecular complexity index is 520. The van der Waals surface area contributed by atoms with Gasteiger partial charge in [-0.1, -0.05) is 28.1 Å². The molecule has 1 aliphatic heterocycles. The number of halogens is 1. The second-order valence-electron chi connectivity index (χ2n) is 4.52. The van der Waals surface area contributed by atoms with E-state index in [4.69, 9.17) is 4.74 Å². The molecule has 0 unspecified atom stereocenters. The molecule has 6 heteroatoms. The Kier molecular flexibility index (Phi) is 3.91. The SMILES string of the molecule is COCCN1C(=O)N[C@@](C)(c2cccc(Br)c2)C1=O. The average Bonchev–Trinajstić information content (AvgIpc) is 2.59. The van der Waals surface area contributed by atoms with Gasteiger partial charge in [0.05, 0.1) is 13.2 Å². The zero-order valence-electron chi connectivity index (χ0n) is 10.8. The van der Waals surface area contributed by atoms with Crippen molar-refractivity contribution in [2.75, 3.05) is 20.3 Å². The molecule has 1 saturated heterocycles. The first-order valence-corrected chi connectivity index (χ1v) is 6.67. The van der Waals surface area contributed by atoms with E-state index in [9.17, 15) is 9.59 Å². The van der Waals surface area contributed by atoms with Crippen LogP contribution in [0.2, 0.25) is 0 Å². The minimum Gasteiger partial charge on any atom is -0.383 e. The van der Waals surface area contributed by atoms with Gasteiger partial charge in [-0.05, 0) is 24.6 Å². The van der Waals surface area contributed by atoms with Crippen LogP contribution in [0.15, 0.2) is 28.7 Å². The highest BCUT2D eigenvalue weighted by Crippen LogP contribution is 2.30. The Balaban J connectivity index is 2.30. The summed E-state index contributed by atoms with van der Waals surface area (Å²) in [4.78, 5) is 25.5. The lowest BCUT2D eigenvalue weighted by molar-refractivity contribution is -0.131. The van der Waals surface area contributed by atoms with Gasteiger partial charge in [0.2, 0.25) is 0 Å². The van der Waals surface area contributed by atoms with Crippen LogP contribution in [0.25, 0.3) is 0 Å². The molecule has 3 amide bonds. The number of carbonyl (C=O) groups is 2. The van der Waals surface area contributed by atoms with Crippen LogP contribution in [-0.2, 0) is 15.1 Å². The van der Waals surface area contributed by atoms with E-state index in [-0.39, 0.29) is 18.5 Å². The van der Waals surface area contributed by atoms with E-state index >= 15 is 0 Å². The molecular weight excluding hydrogens is 312 g/mol. The molecule has 0 saturated carbocycles. The maximum atomic E-state index is 12.4. The lowest BCUT2D eigenvalue weighted by Crippen LogP contribution is -2.41. The van der Waals surface area contributed by atoms with Crippen LogP contribution >= 0.6 is 15.9 Å². The number of hydrogen-bond donors (Lipinski definition) is 1. The Morgan fingerprint density at radius 2 is 2.16 bits per heavy atom. The second-order valence-corrected chi connectivity index (χ2v) is 5.43. The molecule has 1 aromatic carbocycles. The molecule has 19 heavy (non-hydrogen) atoms. The van der Waals surface area contributed by atoms with Crippen molar-refractivity contribution < 1.29 is 14.3 Å². The summed E-state index contributed by atoms with van der Waals surface area (Å²) in [7, 11) is 1.53. The lowest BCUT2D eigenvalue weighted by Gasteiger charge is -2.22. The van der Waals surface area contributed by atoms with E-state index in [1.54, 1.807) is 6.92 Å². The van der Waals surface area contributed by atoms with Crippen molar-refractivity contribution in [2.24, 2.45) is 0 Å². The molecule has 0 aliphatic carbocycles. The normalized spacial score (nSPS) is 22.8. The van der Waals surface area contributed by atoms with Crippen LogP contribution in [0.1, 0.15) is 12.5 Å². The van der Waals surface area contributed by atoms with Crippen LogP contribution in [0.3, 0.4) is 0 Å². The smallest absolute Gasteiger partial charge is 0.325 e. The van der Waals surface area contributed by atoms with E-state index in [1.165, 1.54) is 12.0 Å². The summed E-state index contributed by atoms with van der Waals surface area (Å²) in [5.41, 5.74) is -0.269. The van der Waals surface area contributed by atoms with Crippen LogP contribution in [0, 0.1) is 0 Å². The number of methoxy groups -OCH3 is 1. The molecular formula is C13H15BrN2O3. The molecule has 1 N–H and O–H groups in total. The van der Waals surface area contributed by atoms with Crippen molar-refractivity contribution in [3.8, 4) is 0 Å². The van der Waals surface area contributed by atoms with E-state index < -0.39 is 5.54 Å². The molecule has 0 radical (unpaired) electrons. The molecule has 1 fully saturated rings. The molecule has 2 rings (SSSR count). The number of nitrogens with one attached hydrogen (secondary N) is 1. The fourth-order valence-electron chi connectivity index (χ4n) is 2.08. The monoisotopic (exact) mass is 326 g/mol. The van der Waals surface area contributed by atoms with Gasteiger partial charge in [-0.3, -0.25) is 9.69 Å². The van der Waals surface area contributed by atoms with Gasteiger partial charge in [0.25, 0.3) is 5.91 Å². The van der Waals surface area contributed by atoms with Crippen molar-refractivity contribution in [1.82, 2.24) is 10.2 Å². The Morgan fingerprint density at radius 3 is 2.79 bits per heavy atom. The lowest BCUT2D eigenvalue weighted by atomic mass is 9.92. The summed E-state index contributed by atoms with van der Waals surface area (Å²) in [6, 6.07) is 6.98. The summed E-state index contributed by atoms with van der Waals surface area (Å²) in [6.45, 7) is 2.29. The molecule has 1 atom stereocenters. The highest BCUT2D eigenvalue weighted by molar-refractivity contribution is 9.10. The van der Waals surface area contributed by atoms with Crippen LogP contribution in [-0.4, -0.2) is 37.1 Å². The first-order chi connectivity index (χ1) is 8.99. The number of hydrogen-bond acceptors (Lipinski definition) is 3. The van der Waals surface area contributed by atoms with Gasteiger partial charge in [0.1, 0.15) is 5.54 Å². The van der Waals surface area contributed by atoms with Gasteiger partial charge in [-0.2, -0.15) is 0 Å². The molecule has 0 bridgehead atoms. The number of imide groups is 1. The Labute approximate surface area is 120 Å². The van der Waals surface area contributed by atoms with E-state index in [2.05, 4.69) is 21.2 Å². The van der Waals surface area contributed by atoms with E-state index in [1.807, 2.05) is 24.3 Å². The highest BCUT2D eigenvalue weighted by atomic mass is 79.9. The number of amides is 3. The molecule has 5 nitrogen and oxygen atoms in total. The topological polar surface area (TPSA) is 58.6 Å². The van der Waals surface area contributed by atoms with E-state index in [0.717, 1.165) is 10.0 Å². The summed E-state index contributed by atoms with van der Waals surface area (Å²) in [6.07, 6.45) is 0. The first kappa shape index (κ1) is 14.0. The zero-order chi connectivity index (χ0) is 14.0. The fourth-order valence-corrected chi connectivity index (χ4v) is 2.48. The molecule has 1 aliphatic rings. The van der Waals surface area contributed by atoms with Crippen molar-refractivity contribution in [3.63, 3.8) is 0 Å². The van der Waals surface area contributed by atoms with Gasteiger partial charge in [0.15, 0.2) is 0 Å². The number of rotatable bonds is 4. The van der Waals surface area contributed by atoms with Gasteiger partial charge in [-0.15, -0.1) is 0 Å². The maximum absolute atomic E-state index is 12.4. The Morgan fingerprint density at radius 1 is 1.42 bits per heavy atom. The predicted molar refractivity (Wildman–Crippen MR) is 73.6 cm³/mol. The zero-order valence-corrected chi connectivity index (χ0v) is 12.4.